The van der Waals surface area contributed by atoms with Crippen LogP contribution in [0.5, 0.6) is 0 Å². The molecule has 2 atom stereocenters. The number of hydrogen-bond acceptors (Lipinski definition) is 2. The fourth-order valence-electron chi connectivity index (χ4n) is 2.20. The number of ether oxygens (including phenoxy) is 1. The molecule has 0 aromatic rings. The van der Waals surface area contributed by atoms with Gasteiger partial charge in [-0.1, -0.05) is 13.3 Å². The Bertz CT molecular complexity index is 165. The van der Waals surface area contributed by atoms with E-state index in [-0.39, 0.29) is 0 Å². The predicted molar refractivity (Wildman–Crippen MR) is 52.6 cm³/mol. The summed E-state index contributed by atoms with van der Waals surface area (Å²) in [6.07, 6.45) is 5.19. The highest BCUT2D eigenvalue weighted by Gasteiger charge is 2.28. The number of methoxy groups -OCH3 is 1. The van der Waals surface area contributed by atoms with Crippen molar-refractivity contribution in [3.63, 3.8) is 0 Å². The van der Waals surface area contributed by atoms with E-state index in [1.54, 1.807) is 7.11 Å². The predicted octanol–water partition coefficient (Wildman–Crippen LogP) is 2.42. The van der Waals surface area contributed by atoms with Crippen LogP contribution < -0.4 is 0 Å². The van der Waals surface area contributed by atoms with Crippen LogP contribution in [0.2, 0.25) is 0 Å². The molecule has 0 bridgehead atoms. The molecule has 1 aliphatic rings. The molecule has 0 radical (unpaired) electrons. The van der Waals surface area contributed by atoms with Gasteiger partial charge in [-0.2, -0.15) is 0 Å². The van der Waals surface area contributed by atoms with Gasteiger partial charge in [-0.05, 0) is 25.2 Å². The molecule has 0 spiro atoms. The Labute approximate surface area is 80.7 Å². The second kappa shape index (κ2) is 5.38. The van der Waals surface area contributed by atoms with Crippen LogP contribution in [0.4, 0.5) is 0 Å². The number of Topliss-reactive ketones (excluding diaryl/α,β-unsaturated/α-hetero) is 1. The molecule has 1 fully saturated rings. The standard InChI is InChI=1S/C11H20O2/c1-9-5-3-6-10(9)11(12)7-4-8-13-2/h9-10H,3-8H2,1-2H3. The summed E-state index contributed by atoms with van der Waals surface area (Å²) in [6, 6.07) is 0. The molecule has 2 heteroatoms. The number of carbonyl (C=O) groups is 1. The minimum absolute atomic E-state index is 0.358. The van der Waals surface area contributed by atoms with Gasteiger partial charge in [0.2, 0.25) is 0 Å². The molecule has 1 rings (SSSR count). The van der Waals surface area contributed by atoms with Gasteiger partial charge in [0.15, 0.2) is 0 Å². The lowest BCUT2D eigenvalue weighted by Crippen LogP contribution is -2.17. The Hall–Kier alpha value is -0.370. The highest BCUT2D eigenvalue weighted by molar-refractivity contribution is 5.81. The lowest BCUT2D eigenvalue weighted by molar-refractivity contribution is -0.124. The largest absolute Gasteiger partial charge is 0.385 e. The van der Waals surface area contributed by atoms with E-state index in [1.165, 1.54) is 12.8 Å². The minimum atomic E-state index is 0.358. The van der Waals surface area contributed by atoms with E-state index in [9.17, 15) is 4.79 Å². The smallest absolute Gasteiger partial charge is 0.136 e. The average Bonchev–Trinajstić information content (AvgIpc) is 2.52. The molecule has 13 heavy (non-hydrogen) atoms. The van der Waals surface area contributed by atoms with E-state index in [1.807, 2.05) is 0 Å². The molecular weight excluding hydrogens is 164 g/mol. The van der Waals surface area contributed by atoms with Crippen LogP contribution >= 0.6 is 0 Å². The van der Waals surface area contributed by atoms with Crippen molar-refractivity contribution in [3.05, 3.63) is 0 Å². The van der Waals surface area contributed by atoms with E-state index in [4.69, 9.17) is 4.74 Å². The number of hydrogen-bond donors (Lipinski definition) is 0. The third-order valence-electron chi connectivity index (χ3n) is 3.05. The topological polar surface area (TPSA) is 26.3 Å². The summed E-state index contributed by atoms with van der Waals surface area (Å²) in [5.41, 5.74) is 0. The van der Waals surface area contributed by atoms with E-state index < -0.39 is 0 Å². The normalized spacial score (nSPS) is 27.8. The van der Waals surface area contributed by atoms with Crippen molar-refractivity contribution in [1.82, 2.24) is 0 Å². The monoisotopic (exact) mass is 184 g/mol. The average molecular weight is 184 g/mol. The lowest BCUT2D eigenvalue weighted by atomic mass is 9.91. The Morgan fingerprint density at radius 3 is 2.77 bits per heavy atom. The third-order valence-corrected chi connectivity index (χ3v) is 3.05. The quantitative estimate of drug-likeness (QED) is 0.613. The van der Waals surface area contributed by atoms with Gasteiger partial charge in [0.25, 0.3) is 0 Å². The van der Waals surface area contributed by atoms with E-state index >= 15 is 0 Å². The van der Waals surface area contributed by atoms with Crippen LogP contribution in [0.3, 0.4) is 0 Å². The van der Waals surface area contributed by atoms with E-state index in [0.29, 0.717) is 30.6 Å². The van der Waals surface area contributed by atoms with Crippen LogP contribution in [-0.4, -0.2) is 19.5 Å². The van der Waals surface area contributed by atoms with Gasteiger partial charge in [0.1, 0.15) is 5.78 Å². The molecule has 2 unspecified atom stereocenters. The zero-order valence-electron chi connectivity index (χ0n) is 8.71. The Balaban J connectivity index is 2.22. The number of rotatable bonds is 5. The molecule has 0 amide bonds. The third kappa shape index (κ3) is 3.11. The van der Waals surface area contributed by atoms with Crippen LogP contribution in [-0.2, 0) is 9.53 Å². The summed E-state index contributed by atoms with van der Waals surface area (Å²) in [7, 11) is 1.68. The summed E-state index contributed by atoms with van der Waals surface area (Å²) >= 11 is 0. The number of ketones is 1. The Kier molecular flexibility index (Phi) is 4.43. The van der Waals surface area contributed by atoms with Gasteiger partial charge in [-0.3, -0.25) is 4.79 Å². The maximum Gasteiger partial charge on any atom is 0.136 e. The molecule has 0 N–H and O–H groups in total. The fourth-order valence-corrected chi connectivity index (χ4v) is 2.20. The van der Waals surface area contributed by atoms with Crippen LogP contribution in [0.15, 0.2) is 0 Å². The van der Waals surface area contributed by atoms with Crippen molar-refractivity contribution in [2.24, 2.45) is 11.8 Å². The first-order valence-electron chi connectivity index (χ1n) is 5.27. The van der Waals surface area contributed by atoms with Crippen molar-refractivity contribution in [1.29, 1.82) is 0 Å². The van der Waals surface area contributed by atoms with Gasteiger partial charge in [0, 0.05) is 26.1 Å². The second-order valence-corrected chi connectivity index (χ2v) is 4.08. The van der Waals surface area contributed by atoms with E-state index in [2.05, 4.69) is 6.92 Å². The second-order valence-electron chi connectivity index (χ2n) is 4.08. The van der Waals surface area contributed by atoms with Gasteiger partial charge < -0.3 is 4.74 Å². The highest BCUT2D eigenvalue weighted by atomic mass is 16.5. The summed E-state index contributed by atoms with van der Waals surface area (Å²) in [5.74, 6) is 1.44. The minimum Gasteiger partial charge on any atom is -0.385 e. The zero-order chi connectivity index (χ0) is 9.68. The Morgan fingerprint density at radius 1 is 1.46 bits per heavy atom. The molecule has 76 valence electrons. The molecule has 2 nitrogen and oxygen atoms in total. The summed E-state index contributed by atoms with van der Waals surface area (Å²) in [4.78, 5) is 11.7. The van der Waals surface area contributed by atoms with Crippen molar-refractivity contribution < 1.29 is 9.53 Å². The first-order chi connectivity index (χ1) is 6.25. The van der Waals surface area contributed by atoms with Crippen molar-refractivity contribution in [3.8, 4) is 0 Å². The molecule has 0 heterocycles. The first-order valence-corrected chi connectivity index (χ1v) is 5.27. The fraction of sp³-hybridized carbons (Fsp3) is 0.909. The maximum atomic E-state index is 11.7. The molecule has 0 aromatic heterocycles. The van der Waals surface area contributed by atoms with Gasteiger partial charge in [0.05, 0.1) is 0 Å². The van der Waals surface area contributed by atoms with Gasteiger partial charge >= 0.3 is 0 Å². The lowest BCUT2D eigenvalue weighted by Gasteiger charge is -2.13. The SMILES string of the molecule is COCCCC(=O)C1CCCC1C. The summed E-state index contributed by atoms with van der Waals surface area (Å²) < 4.78 is 4.93. The summed E-state index contributed by atoms with van der Waals surface area (Å²) in [6.45, 7) is 2.92. The van der Waals surface area contributed by atoms with Crippen LogP contribution in [0.25, 0.3) is 0 Å². The number of carbonyl (C=O) groups excluding carboxylic acids is 1. The van der Waals surface area contributed by atoms with E-state index in [0.717, 1.165) is 12.8 Å². The molecule has 1 saturated carbocycles. The molecule has 1 aliphatic carbocycles. The van der Waals surface area contributed by atoms with Gasteiger partial charge in [-0.25, -0.2) is 0 Å². The molecule has 0 saturated heterocycles. The molecule has 0 aliphatic heterocycles. The highest BCUT2D eigenvalue weighted by Crippen LogP contribution is 2.32. The van der Waals surface area contributed by atoms with Gasteiger partial charge in [-0.15, -0.1) is 0 Å². The first kappa shape index (κ1) is 10.7. The summed E-state index contributed by atoms with van der Waals surface area (Å²) in [5, 5.41) is 0. The van der Waals surface area contributed by atoms with Crippen molar-refractivity contribution >= 4 is 5.78 Å². The van der Waals surface area contributed by atoms with Crippen molar-refractivity contribution in [2.45, 2.75) is 39.0 Å². The van der Waals surface area contributed by atoms with Crippen molar-refractivity contribution in [2.75, 3.05) is 13.7 Å². The van der Waals surface area contributed by atoms with Crippen LogP contribution in [0, 0.1) is 11.8 Å². The Morgan fingerprint density at radius 2 is 2.23 bits per heavy atom. The maximum absolute atomic E-state index is 11.7. The van der Waals surface area contributed by atoms with Crippen LogP contribution in [0.1, 0.15) is 39.0 Å². The molecular formula is C11H20O2. The molecule has 0 aromatic carbocycles. The zero-order valence-corrected chi connectivity index (χ0v) is 8.71.